The number of hydrogen-bond donors (Lipinski definition) is 2. The fourth-order valence-electron chi connectivity index (χ4n) is 3.21. The molecule has 25 heavy (non-hydrogen) atoms. The molecule has 2 aromatic rings. The van der Waals surface area contributed by atoms with Gasteiger partial charge in [-0.2, -0.15) is 0 Å². The van der Waals surface area contributed by atoms with E-state index >= 15 is 0 Å². The lowest BCUT2D eigenvalue weighted by molar-refractivity contribution is 0.00550. The Morgan fingerprint density at radius 3 is 2.64 bits per heavy atom. The van der Waals surface area contributed by atoms with Gasteiger partial charge >= 0.3 is 0 Å². The van der Waals surface area contributed by atoms with Crippen LogP contribution in [0.4, 0.5) is 11.4 Å². The summed E-state index contributed by atoms with van der Waals surface area (Å²) < 4.78 is 1.66. The SMILES string of the molecule is CN(c1cc(Br)cc(Br)c1NC(=O)c1cccs1)C1(O)CCCCC1. The van der Waals surface area contributed by atoms with Crippen LogP contribution in [-0.2, 0) is 0 Å². The van der Waals surface area contributed by atoms with Gasteiger partial charge in [-0.3, -0.25) is 4.79 Å². The molecule has 1 aromatic carbocycles. The number of benzene rings is 1. The molecule has 1 aliphatic carbocycles. The van der Waals surface area contributed by atoms with Crippen molar-refractivity contribution < 1.29 is 9.90 Å². The first kappa shape index (κ1) is 18.9. The van der Waals surface area contributed by atoms with E-state index < -0.39 is 5.72 Å². The van der Waals surface area contributed by atoms with Crippen molar-refractivity contribution in [3.05, 3.63) is 43.5 Å². The van der Waals surface area contributed by atoms with Gasteiger partial charge in [0.25, 0.3) is 5.91 Å². The van der Waals surface area contributed by atoms with Gasteiger partial charge in [0.2, 0.25) is 0 Å². The van der Waals surface area contributed by atoms with Crippen molar-refractivity contribution in [3.8, 4) is 0 Å². The van der Waals surface area contributed by atoms with E-state index in [9.17, 15) is 9.90 Å². The molecule has 0 bridgehead atoms. The monoisotopic (exact) mass is 486 g/mol. The number of anilines is 2. The summed E-state index contributed by atoms with van der Waals surface area (Å²) in [6.07, 6.45) is 4.62. The van der Waals surface area contributed by atoms with E-state index in [0.29, 0.717) is 10.6 Å². The van der Waals surface area contributed by atoms with Crippen molar-refractivity contribution in [1.82, 2.24) is 0 Å². The fourth-order valence-corrected chi connectivity index (χ4v) is 5.13. The maximum absolute atomic E-state index is 12.5. The fraction of sp³-hybridized carbons (Fsp3) is 0.389. The zero-order valence-corrected chi connectivity index (χ0v) is 17.9. The summed E-state index contributed by atoms with van der Waals surface area (Å²) in [6.45, 7) is 0. The second-order valence-corrected chi connectivity index (χ2v) is 9.03. The van der Waals surface area contributed by atoms with Gasteiger partial charge in [0, 0.05) is 16.0 Å². The number of carbonyl (C=O) groups excluding carboxylic acids is 1. The lowest BCUT2D eigenvalue weighted by Gasteiger charge is -2.42. The summed E-state index contributed by atoms with van der Waals surface area (Å²) in [7, 11) is 1.89. The van der Waals surface area contributed by atoms with Crippen molar-refractivity contribution in [2.45, 2.75) is 37.8 Å². The number of thiophene rings is 1. The minimum Gasteiger partial charge on any atom is -0.371 e. The van der Waals surface area contributed by atoms with Gasteiger partial charge in [-0.25, -0.2) is 0 Å². The zero-order chi connectivity index (χ0) is 18.0. The predicted octanol–water partition coefficient (Wildman–Crippen LogP) is 5.61. The summed E-state index contributed by atoms with van der Waals surface area (Å²) in [5, 5.41) is 16.0. The molecular formula is C18H20Br2N2O2S. The number of hydrogen-bond acceptors (Lipinski definition) is 4. The lowest BCUT2D eigenvalue weighted by Crippen LogP contribution is -2.48. The third-order valence-electron chi connectivity index (χ3n) is 4.66. The largest absolute Gasteiger partial charge is 0.371 e. The molecule has 0 radical (unpaired) electrons. The van der Waals surface area contributed by atoms with Crippen molar-refractivity contribution in [3.63, 3.8) is 0 Å². The van der Waals surface area contributed by atoms with Crippen molar-refractivity contribution in [1.29, 1.82) is 0 Å². The van der Waals surface area contributed by atoms with Crippen LogP contribution < -0.4 is 10.2 Å². The Bertz CT molecular complexity index is 759. The van der Waals surface area contributed by atoms with Crippen LogP contribution in [-0.4, -0.2) is 23.8 Å². The first-order valence-corrected chi connectivity index (χ1v) is 10.7. The van der Waals surface area contributed by atoms with E-state index in [1.54, 1.807) is 6.07 Å². The molecule has 1 aliphatic rings. The van der Waals surface area contributed by atoms with Crippen LogP contribution in [0.2, 0.25) is 0 Å². The number of aliphatic hydroxyl groups is 1. The topological polar surface area (TPSA) is 52.6 Å². The quantitative estimate of drug-likeness (QED) is 0.550. The summed E-state index contributed by atoms with van der Waals surface area (Å²) in [5.74, 6) is -0.150. The van der Waals surface area contributed by atoms with Crippen LogP contribution in [0.25, 0.3) is 0 Å². The number of amides is 1. The van der Waals surface area contributed by atoms with Gasteiger partial charge in [0.1, 0.15) is 5.72 Å². The first-order chi connectivity index (χ1) is 11.9. The standard InChI is InChI=1S/C18H20Br2N2O2S/c1-22(18(24)7-3-2-4-8-18)14-11-12(19)10-13(20)16(14)21-17(23)15-6-5-9-25-15/h5-6,9-11,24H,2-4,7-8H2,1H3,(H,21,23). The average molecular weight is 488 g/mol. The Morgan fingerprint density at radius 1 is 1.28 bits per heavy atom. The smallest absolute Gasteiger partial charge is 0.265 e. The molecule has 3 rings (SSSR count). The third-order valence-corrected chi connectivity index (χ3v) is 6.61. The zero-order valence-electron chi connectivity index (χ0n) is 13.9. The normalized spacial score (nSPS) is 16.5. The second kappa shape index (κ2) is 7.78. The molecule has 134 valence electrons. The van der Waals surface area contributed by atoms with Crippen LogP contribution in [0.5, 0.6) is 0 Å². The average Bonchev–Trinajstić information content (AvgIpc) is 3.11. The molecule has 2 N–H and O–H groups in total. The van der Waals surface area contributed by atoms with Crippen LogP contribution in [0.1, 0.15) is 41.8 Å². The van der Waals surface area contributed by atoms with Crippen LogP contribution in [0, 0.1) is 0 Å². The molecule has 0 saturated heterocycles. The Morgan fingerprint density at radius 2 is 2.00 bits per heavy atom. The Labute approximate surface area is 168 Å². The molecule has 0 atom stereocenters. The van der Waals surface area contributed by atoms with Gasteiger partial charge in [-0.15, -0.1) is 11.3 Å². The molecule has 1 heterocycles. The number of carbonyl (C=O) groups is 1. The molecule has 1 amide bonds. The van der Waals surface area contributed by atoms with E-state index in [4.69, 9.17) is 0 Å². The molecule has 0 aliphatic heterocycles. The van der Waals surface area contributed by atoms with Crippen LogP contribution in [0.3, 0.4) is 0 Å². The Hall–Kier alpha value is -0.890. The van der Waals surface area contributed by atoms with E-state index in [1.807, 2.05) is 35.5 Å². The predicted molar refractivity (Wildman–Crippen MR) is 111 cm³/mol. The first-order valence-electron chi connectivity index (χ1n) is 8.21. The summed E-state index contributed by atoms with van der Waals surface area (Å²) in [4.78, 5) is 15.1. The molecule has 7 heteroatoms. The lowest BCUT2D eigenvalue weighted by atomic mass is 9.90. The van der Waals surface area contributed by atoms with Crippen LogP contribution in [0.15, 0.2) is 38.6 Å². The third kappa shape index (κ3) is 4.10. The summed E-state index contributed by atoms with van der Waals surface area (Å²) in [6, 6.07) is 7.48. The van der Waals surface area contributed by atoms with Gasteiger partial charge in [0.15, 0.2) is 0 Å². The van der Waals surface area contributed by atoms with E-state index in [0.717, 1.165) is 46.7 Å². The summed E-state index contributed by atoms with van der Waals surface area (Å²) in [5.41, 5.74) is 0.569. The maximum atomic E-state index is 12.5. The highest BCUT2D eigenvalue weighted by molar-refractivity contribution is 9.11. The van der Waals surface area contributed by atoms with Gasteiger partial charge in [-0.05, 0) is 65.2 Å². The highest BCUT2D eigenvalue weighted by Gasteiger charge is 2.35. The Balaban J connectivity index is 1.96. The molecular weight excluding hydrogens is 468 g/mol. The highest BCUT2D eigenvalue weighted by Crippen LogP contribution is 2.42. The minimum atomic E-state index is -0.888. The number of halogens is 2. The van der Waals surface area contributed by atoms with Gasteiger partial charge < -0.3 is 15.3 Å². The van der Waals surface area contributed by atoms with Crippen molar-refractivity contribution >= 4 is 60.5 Å². The minimum absolute atomic E-state index is 0.150. The molecule has 0 unspecified atom stereocenters. The molecule has 4 nitrogen and oxygen atoms in total. The van der Waals surface area contributed by atoms with Crippen LogP contribution >= 0.6 is 43.2 Å². The molecule has 1 aromatic heterocycles. The Kier molecular flexibility index (Phi) is 5.88. The van der Waals surface area contributed by atoms with Crippen molar-refractivity contribution in [2.75, 3.05) is 17.3 Å². The van der Waals surface area contributed by atoms with Gasteiger partial charge in [0.05, 0.1) is 16.3 Å². The number of nitrogens with one attached hydrogen (secondary N) is 1. The molecule has 0 spiro atoms. The summed E-state index contributed by atoms with van der Waals surface area (Å²) >= 11 is 8.46. The highest BCUT2D eigenvalue weighted by atomic mass is 79.9. The van der Waals surface area contributed by atoms with Gasteiger partial charge in [-0.1, -0.05) is 28.4 Å². The van der Waals surface area contributed by atoms with E-state index in [-0.39, 0.29) is 5.91 Å². The van der Waals surface area contributed by atoms with E-state index in [2.05, 4.69) is 37.2 Å². The molecule has 1 saturated carbocycles. The second-order valence-electron chi connectivity index (χ2n) is 6.32. The maximum Gasteiger partial charge on any atom is 0.265 e. The number of nitrogens with zero attached hydrogens (tertiary/aromatic N) is 1. The van der Waals surface area contributed by atoms with Crippen molar-refractivity contribution in [2.24, 2.45) is 0 Å². The number of rotatable bonds is 4. The van der Waals surface area contributed by atoms with E-state index in [1.165, 1.54) is 11.3 Å². The molecule has 1 fully saturated rings.